The predicted molar refractivity (Wildman–Crippen MR) is 100 cm³/mol. The number of hydrogen-bond donors (Lipinski definition) is 4. The van der Waals surface area contributed by atoms with Crippen LogP contribution in [0.2, 0.25) is 0 Å². The molecule has 7 nitrogen and oxygen atoms in total. The lowest BCUT2D eigenvalue weighted by Crippen LogP contribution is -2.26. The van der Waals surface area contributed by atoms with Crippen LogP contribution in [0.15, 0.2) is 0 Å². The van der Waals surface area contributed by atoms with Crippen LogP contribution < -0.4 is 16.0 Å². The zero-order valence-corrected chi connectivity index (χ0v) is 15.9. The minimum atomic E-state index is -0.0636. The molecule has 1 aromatic heterocycles. The number of hydrogen-bond acceptors (Lipinski definition) is 7. The van der Waals surface area contributed by atoms with E-state index in [1.54, 1.807) is 0 Å². The number of aliphatic hydroxyl groups excluding tert-OH is 1. The van der Waals surface area contributed by atoms with Crippen molar-refractivity contribution in [2.75, 3.05) is 29.1 Å². The van der Waals surface area contributed by atoms with E-state index in [4.69, 9.17) is 0 Å². The molecule has 1 rings (SSSR count). The van der Waals surface area contributed by atoms with E-state index in [-0.39, 0.29) is 18.7 Å². The highest BCUT2D eigenvalue weighted by Gasteiger charge is 2.13. The fourth-order valence-electron chi connectivity index (χ4n) is 1.89. The maximum Gasteiger partial charge on any atom is 0.229 e. The molecule has 138 valence electrons. The third-order valence-electron chi connectivity index (χ3n) is 4.04. The first kappa shape index (κ1) is 20.4. The number of anilines is 3. The lowest BCUT2D eigenvalue weighted by molar-refractivity contribution is 0.271. The van der Waals surface area contributed by atoms with Crippen molar-refractivity contribution < 1.29 is 5.11 Å². The van der Waals surface area contributed by atoms with Crippen LogP contribution in [0.5, 0.6) is 0 Å². The van der Waals surface area contributed by atoms with Crippen LogP contribution in [-0.2, 0) is 0 Å². The van der Waals surface area contributed by atoms with Crippen LogP contribution in [0, 0.1) is 11.8 Å². The quantitative estimate of drug-likeness (QED) is 0.493. The fraction of sp³-hybridized carbons (Fsp3) is 0.824. The summed E-state index contributed by atoms with van der Waals surface area (Å²) in [6.07, 6.45) is 1.84. The summed E-state index contributed by atoms with van der Waals surface area (Å²) < 4.78 is 0. The minimum absolute atomic E-state index is 0.0451. The van der Waals surface area contributed by atoms with E-state index < -0.39 is 0 Å². The van der Waals surface area contributed by atoms with Gasteiger partial charge in [-0.25, -0.2) is 0 Å². The molecule has 0 fully saturated rings. The van der Waals surface area contributed by atoms with Gasteiger partial charge >= 0.3 is 0 Å². The van der Waals surface area contributed by atoms with Gasteiger partial charge in [0.2, 0.25) is 17.8 Å². The molecular formula is C17H34N6O. The van der Waals surface area contributed by atoms with Gasteiger partial charge in [-0.3, -0.25) is 0 Å². The van der Waals surface area contributed by atoms with Gasteiger partial charge in [0.15, 0.2) is 0 Å². The first-order valence-electron chi connectivity index (χ1n) is 8.99. The topological polar surface area (TPSA) is 95.0 Å². The van der Waals surface area contributed by atoms with Crippen LogP contribution in [0.3, 0.4) is 0 Å². The molecule has 0 aliphatic heterocycles. The summed E-state index contributed by atoms with van der Waals surface area (Å²) >= 11 is 0. The van der Waals surface area contributed by atoms with E-state index in [1.807, 2.05) is 6.92 Å². The Bertz CT molecular complexity index is 454. The summed E-state index contributed by atoms with van der Waals surface area (Å²) in [4.78, 5) is 13.3. The largest absolute Gasteiger partial charge is 0.394 e. The predicted octanol–water partition coefficient (Wildman–Crippen LogP) is 2.97. The third-order valence-corrected chi connectivity index (χ3v) is 4.04. The van der Waals surface area contributed by atoms with Crippen molar-refractivity contribution in [2.45, 2.75) is 66.5 Å². The van der Waals surface area contributed by atoms with Crippen molar-refractivity contribution in [3.05, 3.63) is 0 Å². The van der Waals surface area contributed by atoms with Gasteiger partial charge in [-0.05, 0) is 31.6 Å². The molecule has 0 aliphatic carbocycles. The van der Waals surface area contributed by atoms with Gasteiger partial charge in [0.25, 0.3) is 0 Å². The highest BCUT2D eigenvalue weighted by Crippen LogP contribution is 2.14. The van der Waals surface area contributed by atoms with Gasteiger partial charge in [0.1, 0.15) is 0 Å². The van der Waals surface area contributed by atoms with E-state index in [2.05, 4.69) is 65.5 Å². The smallest absolute Gasteiger partial charge is 0.229 e. The number of aromatic nitrogens is 3. The van der Waals surface area contributed by atoms with E-state index in [0.29, 0.717) is 29.7 Å². The summed E-state index contributed by atoms with van der Waals surface area (Å²) in [5.41, 5.74) is 0. The van der Waals surface area contributed by atoms with Crippen LogP contribution in [-0.4, -0.2) is 45.3 Å². The molecule has 1 unspecified atom stereocenters. The molecule has 0 saturated carbocycles. The molecule has 2 atom stereocenters. The molecule has 24 heavy (non-hydrogen) atoms. The van der Waals surface area contributed by atoms with Crippen LogP contribution in [0.1, 0.15) is 54.4 Å². The minimum Gasteiger partial charge on any atom is -0.394 e. The Balaban J connectivity index is 2.91. The van der Waals surface area contributed by atoms with Gasteiger partial charge in [-0.2, -0.15) is 15.0 Å². The molecule has 4 N–H and O–H groups in total. The maximum absolute atomic E-state index is 9.38. The molecule has 1 heterocycles. The molecule has 0 saturated heterocycles. The molecule has 0 spiro atoms. The van der Waals surface area contributed by atoms with Crippen molar-refractivity contribution in [3.63, 3.8) is 0 Å². The molecular weight excluding hydrogens is 304 g/mol. The average Bonchev–Trinajstić information content (AvgIpc) is 2.52. The van der Waals surface area contributed by atoms with E-state index in [1.165, 1.54) is 0 Å². The Morgan fingerprint density at radius 3 is 2.00 bits per heavy atom. The number of nitrogens with zero attached hydrogens (tertiary/aromatic N) is 3. The monoisotopic (exact) mass is 338 g/mol. The summed E-state index contributed by atoms with van der Waals surface area (Å²) in [5.74, 6) is 2.68. The first-order chi connectivity index (χ1) is 11.3. The van der Waals surface area contributed by atoms with Crippen LogP contribution in [0.4, 0.5) is 17.8 Å². The second-order valence-corrected chi connectivity index (χ2v) is 7.02. The summed E-state index contributed by atoms with van der Waals surface area (Å²) in [6, 6.07) is 0.190. The van der Waals surface area contributed by atoms with Crippen molar-refractivity contribution in [3.8, 4) is 0 Å². The van der Waals surface area contributed by atoms with Gasteiger partial charge in [-0.1, -0.05) is 34.6 Å². The first-order valence-corrected chi connectivity index (χ1v) is 8.99. The number of nitrogens with one attached hydrogen (secondary N) is 3. The van der Waals surface area contributed by atoms with Crippen LogP contribution in [0.25, 0.3) is 0 Å². The summed E-state index contributed by atoms with van der Waals surface area (Å²) in [6.45, 7) is 13.7. The Hall–Kier alpha value is -1.63. The normalized spacial score (nSPS) is 13.9. The number of rotatable bonds is 11. The molecule has 0 amide bonds. The SMILES string of the molecule is CC[C@H](CO)Nc1nc(NCCC(C)C)nc(NC(C)C(C)C)n1. The standard InChI is InChI=1S/C17H34N6O/c1-7-14(10-24)20-17-22-15(18-9-8-11(2)3)21-16(23-17)19-13(6)12(4)5/h11-14,24H,7-10H2,1-6H3,(H3,18,19,20,21,22,23)/t13?,14-/m1/s1. The Morgan fingerprint density at radius 1 is 0.917 bits per heavy atom. The van der Waals surface area contributed by atoms with E-state index >= 15 is 0 Å². The molecule has 0 bridgehead atoms. The zero-order chi connectivity index (χ0) is 18.1. The third kappa shape index (κ3) is 7.29. The summed E-state index contributed by atoms with van der Waals surface area (Å²) in [7, 11) is 0. The van der Waals surface area contributed by atoms with Crippen molar-refractivity contribution >= 4 is 17.8 Å². The van der Waals surface area contributed by atoms with Crippen molar-refractivity contribution in [1.82, 2.24) is 15.0 Å². The van der Waals surface area contributed by atoms with Crippen molar-refractivity contribution in [2.24, 2.45) is 11.8 Å². The van der Waals surface area contributed by atoms with Gasteiger partial charge in [0, 0.05) is 12.6 Å². The molecule has 0 aromatic carbocycles. The molecule has 0 aliphatic rings. The lowest BCUT2D eigenvalue weighted by atomic mass is 10.1. The maximum atomic E-state index is 9.38. The highest BCUT2D eigenvalue weighted by atomic mass is 16.3. The second-order valence-electron chi connectivity index (χ2n) is 7.02. The highest BCUT2D eigenvalue weighted by molar-refractivity contribution is 5.43. The lowest BCUT2D eigenvalue weighted by Gasteiger charge is -2.19. The Kier molecular flexibility index (Phi) is 8.74. The molecule has 1 aromatic rings. The van der Waals surface area contributed by atoms with Crippen molar-refractivity contribution in [1.29, 1.82) is 0 Å². The van der Waals surface area contributed by atoms with Gasteiger partial charge in [0.05, 0.1) is 12.6 Å². The summed E-state index contributed by atoms with van der Waals surface area (Å²) in [5, 5.41) is 19.1. The zero-order valence-electron chi connectivity index (χ0n) is 15.9. The Labute approximate surface area is 146 Å². The molecule has 7 heteroatoms. The Morgan fingerprint density at radius 2 is 1.50 bits per heavy atom. The van der Waals surface area contributed by atoms with E-state index in [0.717, 1.165) is 19.4 Å². The number of aliphatic hydroxyl groups is 1. The average molecular weight is 339 g/mol. The molecule has 0 radical (unpaired) electrons. The fourth-order valence-corrected chi connectivity index (χ4v) is 1.89. The van der Waals surface area contributed by atoms with Gasteiger partial charge in [-0.15, -0.1) is 0 Å². The van der Waals surface area contributed by atoms with Gasteiger partial charge < -0.3 is 21.1 Å². The second kappa shape index (κ2) is 10.3. The van der Waals surface area contributed by atoms with Crippen LogP contribution >= 0.6 is 0 Å². The van der Waals surface area contributed by atoms with E-state index in [9.17, 15) is 5.11 Å².